The van der Waals surface area contributed by atoms with Crippen molar-refractivity contribution in [3.8, 4) is 0 Å². The highest BCUT2D eigenvalue weighted by Gasteiger charge is 2.28. The van der Waals surface area contributed by atoms with Gasteiger partial charge in [0, 0.05) is 5.92 Å². The summed E-state index contributed by atoms with van der Waals surface area (Å²) >= 11 is 0. The minimum absolute atomic E-state index is 0.0196. The molecule has 6 nitrogen and oxygen atoms in total. The second-order valence-electron chi connectivity index (χ2n) is 7.72. The highest BCUT2D eigenvalue weighted by atomic mass is 16.5. The minimum atomic E-state index is -0.595. The Morgan fingerprint density at radius 2 is 1.60 bits per heavy atom. The number of ether oxygens (including phenoxy) is 1. The lowest BCUT2D eigenvalue weighted by Crippen LogP contribution is -2.31. The first-order valence-electron chi connectivity index (χ1n) is 10.1. The summed E-state index contributed by atoms with van der Waals surface area (Å²) in [6.45, 7) is 5.14. The molecule has 0 aliphatic carbocycles. The number of hydrogen-bond donors (Lipinski definition) is 0. The van der Waals surface area contributed by atoms with Crippen molar-refractivity contribution in [2.24, 2.45) is 0 Å². The fourth-order valence-electron chi connectivity index (χ4n) is 3.84. The third-order valence-corrected chi connectivity index (χ3v) is 5.32. The van der Waals surface area contributed by atoms with Crippen molar-refractivity contribution in [1.29, 1.82) is 0 Å². The van der Waals surface area contributed by atoms with Crippen LogP contribution in [-0.4, -0.2) is 23.6 Å². The second kappa shape index (κ2) is 8.14. The number of carbonyl (C=O) groups is 2. The molecule has 4 rings (SSSR count). The minimum Gasteiger partial charge on any atom is -0.452 e. The van der Waals surface area contributed by atoms with Gasteiger partial charge in [0.2, 0.25) is 0 Å². The van der Waals surface area contributed by atoms with E-state index < -0.39 is 5.97 Å². The van der Waals surface area contributed by atoms with E-state index in [4.69, 9.17) is 9.26 Å². The van der Waals surface area contributed by atoms with Gasteiger partial charge in [-0.25, -0.2) is 4.79 Å². The maximum absolute atomic E-state index is 13.3. The molecule has 1 aromatic heterocycles. The van der Waals surface area contributed by atoms with Crippen molar-refractivity contribution in [3.05, 3.63) is 76.7 Å². The third-order valence-electron chi connectivity index (χ3n) is 5.32. The summed E-state index contributed by atoms with van der Waals surface area (Å²) in [6, 6.07) is 15.7. The van der Waals surface area contributed by atoms with E-state index in [0.717, 1.165) is 35.3 Å². The van der Waals surface area contributed by atoms with Crippen molar-refractivity contribution in [2.45, 2.75) is 39.5 Å². The molecule has 0 atom stereocenters. The maximum atomic E-state index is 13.3. The first-order chi connectivity index (χ1) is 14.5. The average molecular weight is 404 g/mol. The fraction of sp³-hybridized carbons (Fsp3) is 0.292. The van der Waals surface area contributed by atoms with Gasteiger partial charge >= 0.3 is 5.97 Å². The number of fused-ring (bicyclic) bond motifs is 2. The van der Waals surface area contributed by atoms with Crippen LogP contribution in [0.1, 0.15) is 52.7 Å². The van der Waals surface area contributed by atoms with Crippen molar-refractivity contribution >= 4 is 23.3 Å². The van der Waals surface area contributed by atoms with Crippen LogP contribution in [-0.2, 0) is 22.4 Å². The summed E-state index contributed by atoms with van der Waals surface area (Å²) in [4.78, 5) is 27.6. The Kier molecular flexibility index (Phi) is 5.40. The Morgan fingerprint density at radius 1 is 1.03 bits per heavy atom. The van der Waals surface area contributed by atoms with Crippen LogP contribution in [0, 0.1) is 6.92 Å². The number of benzene rings is 2. The van der Waals surface area contributed by atoms with Crippen LogP contribution in [0.4, 0.5) is 11.4 Å². The fourth-order valence-corrected chi connectivity index (χ4v) is 3.84. The van der Waals surface area contributed by atoms with Gasteiger partial charge < -0.3 is 9.26 Å². The van der Waals surface area contributed by atoms with Gasteiger partial charge in [-0.1, -0.05) is 55.4 Å². The number of nitrogens with zero attached hydrogens (tertiary/aromatic N) is 2. The zero-order chi connectivity index (χ0) is 21.3. The predicted molar refractivity (Wildman–Crippen MR) is 113 cm³/mol. The van der Waals surface area contributed by atoms with Crippen molar-refractivity contribution in [3.63, 3.8) is 0 Å². The molecule has 0 radical (unpaired) electrons. The van der Waals surface area contributed by atoms with Crippen LogP contribution in [0.2, 0.25) is 0 Å². The summed E-state index contributed by atoms with van der Waals surface area (Å²) in [5, 5.41) is 3.88. The molecule has 6 heteroatoms. The number of hydrogen-bond acceptors (Lipinski definition) is 5. The number of esters is 1. The lowest BCUT2D eigenvalue weighted by molar-refractivity contribution is -0.121. The molecule has 2 aromatic carbocycles. The summed E-state index contributed by atoms with van der Waals surface area (Å²) in [7, 11) is 0. The quantitative estimate of drug-likeness (QED) is 0.588. The molecule has 0 spiro atoms. The van der Waals surface area contributed by atoms with Crippen molar-refractivity contribution in [2.75, 3.05) is 11.5 Å². The lowest BCUT2D eigenvalue weighted by atomic mass is 10.0. The number of amides is 1. The molecule has 0 saturated carbocycles. The van der Waals surface area contributed by atoms with Crippen LogP contribution in [0.25, 0.3) is 0 Å². The standard InChI is InChI=1S/C24H24N2O4/c1-15(2)23-22(16(3)25-30-23)24(28)29-14-21(27)26-19-10-6-4-8-17(19)12-13-18-9-5-7-11-20(18)26/h4-11,15H,12-14H2,1-3H3. The van der Waals surface area contributed by atoms with Crippen LogP contribution >= 0.6 is 0 Å². The van der Waals surface area contributed by atoms with Gasteiger partial charge in [-0.15, -0.1) is 0 Å². The van der Waals surface area contributed by atoms with Gasteiger partial charge in [0.25, 0.3) is 5.91 Å². The van der Waals surface area contributed by atoms with E-state index in [0.29, 0.717) is 17.0 Å². The summed E-state index contributed by atoms with van der Waals surface area (Å²) in [5.74, 6) is -0.447. The molecule has 0 unspecified atom stereocenters. The Hall–Kier alpha value is -3.41. The van der Waals surface area contributed by atoms with Crippen LogP contribution in [0.15, 0.2) is 53.1 Å². The Morgan fingerprint density at radius 3 is 2.17 bits per heavy atom. The normalized spacial score (nSPS) is 12.9. The van der Waals surface area contributed by atoms with Gasteiger partial charge in [0.05, 0.1) is 17.1 Å². The van der Waals surface area contributed by atoms with Crippen molar-refractivity contribution < 1.29 is 18.8 Å². The van der Waals surface area contributed by atoms with Crippen LogP contribution in [0.5, 0.6) is 0 Å². The molecule has 0 saturated heterocycles. The monoisotopic (exact) mass is 404 g/mol. The van der Waals surface area contributed by atoms with Crippen molar-refractivity contribution in [1.82, 2.24) is 5.16 Å². The molecular formula is C24H24N2O4. The van der Waals surface area contributed by atoms with Gasteiger partial charge in [0.1, 0.15) is 5.56 Å². The van der Waals surface area contributed by atoms with Gasteiger partial charge in [-0.2, -0.15) is 0 Å². The molecule has 3 aromatic rings. The smallest absolute Gasteiger partial charge is 0.344 e. The number of aromatic nitrogens is 1. The molecule has 1 aliphatic heterocycles. The molecule has 2 heterocycles. The van der Waals surface area contributed by atoms with E-state index in [2.05, 4.69) is 5.16 Å². The number of rotatable bonds is 4. The summed E-state index contributed by atoms with van der Waals surface area (Å²) < 4.78 is 10.7. The number of anilines is 2. The maximum Gasteiger partial charge on any atom is 0.344 e. The van der Waals surface area contributed by atoms with Crippen LogP contribution in [0.3, 0.4) is 0 Å². The Bertz CT molecular complexity index is 1050. The molecule has 1 amide bonds. The highest BCUT2D eigenvalue weighted by molar-refractivity contribution is 6.04. The second-order valence-corrected chi connectivity index (χ2v) is 7.72. The molecule has 0 N–H and O–H groups in total. The van der Waals surface area contributed by atoms with E-state index in [9.17, 15) is 9.59 Å². The van der Waals surface area contributed by atoms with E-state index in [-0.39, 0.29) is 18.4 Å². The highest BCUT2D eigenvalue weighted by Crippen LogP contribution is 2.36. The predicted octanol–water partition coefficient (Wildman–Crippen LogP) is 4.73. The van der Waals surface area contributed by atoms with Gasteiger partial charge in [-0.3, -0.25) is 9.69 Å². The topological polar surface area (TPSA) is 72.6 Å². The number of carbonyl (C=O) groups excluding carboxylic acids is 2. The van der Waals surface area contributed by atoms with Gasteiger partial charge in [0.15, 0.2) is 12.4 Å². The van der Waals surface area contributed by atoms with E-state index >= 15 is 0 Å². The zero-order valence-corrected chi connectivity index (χ0v) is 17.3. The average Bonchev–Trinajstić information content (AvgIpc) is 3.05. The zero-order valence-electron chi connectivity index (χ0n) is 17.3. The largest absolute Gasteiger partial charge is 0.452 e. The first-order valence-corrected chi connectivity index (χ1v) is 10.1. The van der Waals surface area contributed by atoms with E-state index in [1.54, 1.807) is 11.8 Å². The molecule has 154 valence electrons. The molecule has 0 fully saturated rings. The SMILES string of the molecule is Cc1noc(C(C)C)c1C(=O)OCC(=O)N1c2ccccc2CCc2ccccc21. The summed E-state index contributed by atoms with van der Waals surface area (Å²) in [6.07, 6.45) is 1.68. The summed E-state index contributed by atoms with van der Waals surface area (Å²) in [5.41, 5.74) is 4.59. The number of para-hydroxylation sites is 2. The van der Waals surface area contributed by atoms with E-state index in [1.807, 2.05) is 62.4 Å². The van der Waals surface area contributed by atoms with Gasteiger partial charge in [-0.05, 0) is 43.0 Å². The third kappa shape index (κ3) is 3.61. The molecular weight excluding hydrogens is 380 g/mol. The Balaban J connectivity index is 1.61. The van der Waals surface area contributed by atoms with E-state index in [1.165, 1.54) is 0 Å². The lowest BCUT2D eigenvalue weighted by Gasteiger charge is -2.24. The number of aryl methyl sites for hydroxylation is 3. The first kappa shape index (κ1) is 19.9. The Labute approximate surface area is 175 Å². The van der Waals surface area contributed by atoms with Crippen LogP contribution < -0.4 is 4.90 Å². The molecule has 0 bridgehead atoms. The molecule has 1 aliphatic rings. The molecule has 30 heavy (non-hydrogen) atoms.